The number of carboxylic acid groups (broad SMARTS) is 1. The number of rotatable bonds is 10. The first-order valence-electron chi connectivity index (χ1n) is 9.94. The number of carbonyl (C=O) groups is 1. The maximum atomic E-state index is 10.4. The summed E-state index contributed by atoms with van der Waals surface area (Å²) in [5.41, 5.74) is 0. The molecule has 0 spiro atoms. The molecule has 0 saturated heterocycles. The van der Waals surface area contributed by atoms with Crippen LogP contribution in [0.15, 0.2) is 0 Å². The van der Waals surface area contributed by atoms with Gasteiger partial charge in [0.2, 0.25) is 0 Å². The smallest absolute Gasteiger partial charge is 0.303 e. The zero-order valence-corrected chi connectivity index (χ0v) is 14.1. The van der Waals surface area contributed by atoms with E-state index < -0.39 is 5.97 Å². The molecular formula is C20H34O2. The summed E-state index contributed by atoms with van der Waals surface area (Å²) in [5, 5.41) is 8.60. The highest BCUT2D eigenvalue weighted by molar-refractivity contribution is 5.66. The highest BCUT2D eigenvalue weighted by Gasteiger charge is 2.47. The molecule has 4 saturated carbocycles. The lowest BCUT2D eigenvalue weighted by Crippen LogP contribution is -2.44. The first kappa shape index (κ1) is 16.3. The van der Waals surface area contributed by atoms with Gasteiger partial charge in [-0.2, -0.15) is 0 Å². The number of aliphatic carboxylic acids is 1. The van der Waals surface area contributed by atoms with E-state index in [9.17, 15) is 4.79 Å². The Bertz CT molecular complexity index is 335. The van der Waals surface area contributed by atoms with Crippen LogP contribution in [0.25, 0.3) is 0 Å². The van der Waals surface area contributed by atoms with E-state index in [4.69, 9.17) is 5.11 Å². The van der Waals surface area contributed by atoms with Crippen LogP contribution in [0.4, 0.5) is 0 Å². The predicted octanol–water partition coefficient (Wildman–Crippen LogP) is 5.65. The molecule has 0 radical (unpaired) electrons. The average Bonchev–Trinajstić information content (AvgIpc) is 2.46. The molecule has 4 bridgehead atoms. The maximum Gasteiger partial charge on any atom is 0.303 e. The Balaban J connectivity index is 1.22. The van der Waals surface area contributed by atoms with Gasteiger partial charge in [-0.05, 0) is 74.5 Å². The van der Waals surface area contributed by atoms with Gasteiger partial charge in [-0.15, -0.1) is 0 Å². The molecule has 0 heterocycles. The third kappa shape index (κ3) is 4.26. The van der Waals surface area contributed by atoms with Crippen molar-refractivity contribution >= 4 is 5.97 Å². The largest absolute Gasteiger partial charge is 0.481 e. The Morgan fingerprint density at radius 2 is 1.23 bits per heavy atom. The molecule has 4 aliphatic rings. The molecule has 4 rings (SSSR count). The highest BCUT2D eigenvalue weighted by Crippen LogP contribution is 2.57. The van der Waals surface area contributed by atoms with Crippen LogP contribution in [-0.2, 0) is 4.79 Å². The zero-order chi connectivity index (χ0) is 15.4. The molecule has 2 nitrogen and oxygen atoms in total. The van der Waals surface area contributed by atoms with Crippen LogP contribution >= 0.6 is 0 Å². The molecule has 1 N–H and O–H groups in total. The van der Waals surface area contributed by atoms with Crippen molar-refractivity contribution in [3.63, 3.8) is 0 Å². The van der Waals surface area contributed by atoms with Gasteiger partial charge in [0.25, 0.3) is 0 Å². The standard InChI is InChI=1S/C20H34O2/c21-20(22)9-7-5-3-1-2-4-6-8-19-17-11-15-10-16(13-17)14-18(19)12-15/h15-19H,1-14H2,(H,21,22). The normalized spacial score (nSPS) is 35.9. The van der Waals surface area contributed by atoms with E-state index in [1.807, 2.05) is 0 Å². The summed E-state index contributed by atoms with van der Waals surface area (Å²) < 4.78 is 0. The highest BCUT2D eigenvalue weighted by atomic mass is 16.4. The van der Waals surface area contributed by atoms with Crippen molar-refractivity contribution in [2.75, 3.05) is 0 Å². The maximum absolute atomic E-state index is 10.4. The Morgan fingerprint density at radius 3 is 1.77 bits per heavy atom. The first-order valence-corrected chi connectivity index (χ1v) is 9.94. The van der Waals surface area contributed by atoms with Crippen molar-refractivity contribution in [1.82, 2.24) is 0 Å². The third-order valence-electron chi connectivity index (χ3n) is 6.85. The fourth-order valence-electron chi connectivity index (χ4n) is 6.05. The summed E-state index contributed by atoms with van der Waals surface area (Å²) in [4.78, 5) is 10.4. The van der Waals surface area contributed by atoms with E-state index in [0.29, 0.717) is 6.42 Å². The molecular weight excluding hydrogens is 272 g/mol. The number of hydrogen-bond acceptors (Lipinski definition) is 1. The van der Waals surface area contributed by atoms with E-state index in [2.05, 4.69) is 0 Å². The van der Waals surface area contributed by atoms with Crippen molar-refractivity contribution < 1.29 is 9.90 Å². The molecule has 126 valence electrons. The Morgan fingerprint density at radius 1 is 0.727 bits per heavy atom. The molecule has 22 heavy (non-hydrogen) atoms. The lowest BCUT2D eigenvalue weighted by molar-refractivity contribution is -0.137. The molecule has 2 heteroatoms. The number of carboxylic acids is 1. The van der Waals surface area contributed by atoms with Gasteiger partial charge in [0, 0.05) is 6.42 Å². The second-order valence-electron chi connectivity index (χ2n) is 8.50. The van der Waals surface area contributed by atoms with Crippen LogP contribution in [-0.4, -0.2) is 11.1 Å². The topological polar surface area (TPSA) is 37.3 Å². The van der Waals surface area contributed by atoms with Gasteiger partial charge in [0.15, 0.2) is 0 Å². The summed E-state index contributed by atoms with van der Waals surface area (Å²) in [5.74, 6) is 4.88. The summed E-state index contributed by atoms with van der Waals surface area (Å²) in [6, 6.07) is 0. The molecule has 0 amide bonds. The lowest BCUT2D eigenvalue weighted by atomic mass is 9.51. The quantitative estimate of drug-likeness (QED) is 0.529. The number of unbranched alkanes of at least 4 members (excludes halogenated alkanes) is 6. The average molecular weight is 306 g/mol. The predicted molar refractivity (Wildman–Crippen MR) is 89.7 cm³/mol. The minimum atomic E-state index is -0.643. The van der Waals surface area contributed by atoms with Gasteiger partial charge in [0.05, 0.1) is 0 Å². The number of hydrogen-bond donors (Lipinski definition) is 1. The van der Waals surface area contributed by atoms with E-state index >= 15 is 0 Å². The second kappa shape index (κ2) is 7.84. The molecule has 0 unspecified atom stereocenters. The molecule has 0 aliphatic heterocycles. The van der Waals surface area contributed by atoms with Crippen molar-refractivity contribution in [2.24, 2.45) is 29.6 Å². The van der Waals surface area contributed by atoms with Crippen molar-refractivity contribution in [3.05, 3.63) is 0 Å². The Kier molecular flexibility index (Phi) is 5.82. The minimum Gasteiger partial charge on any atom is -0.481 e. The minimum absolute atomic E-state index is 0.354. The monoisotopic (exact) mass is 306 g/mol. The molecule has 0 atom stereocenters. The van der Waals surface area contributed by atoms with Crippen molar-refractivity contribution in [3.8, 4) is 0 Å². The van der Waals surface area contributed by atoms with Crippen LogP contribution in [0.1, 0.15) is 89.9 Å². The van der Waals surface area contributed by atoms with Gasteiger partial charge in [-0.3, -0.25) is 4.79 Å². The lowest BCUT2D eigenvalue weighted by Gasteiger charge is -2.54. The summed E-state index contributed by atoms with van der Waals surface area (Å²) in [6.45, 7) is 0. The summed E-state index contributed by atoms with van der Waals surface area (Å²) in [6.07, 6.45) is 18.4. The molecule has 4 aliphatic carbocycles. The van der Waals surface area contributed by atoms with Gasteiger partial charge >= 0.3 is 5.97 Å². The van der Waals surface area contributed by atoms with E-state index in [1.165, 1.54) is 38.5 Å². The SMILES string of the molecule is O=C(O)CCCCCCCCCC1C2CC3CC(C2)CC1C3. The third-order valence-corrected chi connectivity index (χ3v) is 6.85. The fourth-order valence-corrected chi connectivity index (χ4v) is 6.05. The van der Waals surface area contributed by atoms with Gasteiger partial charge in [0.1, 0.15) is 0 Å². The fraction of sp³-hybridized carbons (Fsp3) is 0.950. The van der Waals surface area contributed by atoms with Crippen LogP contribution in [0.5, 0.6) is 0 Å². The van der Waals surface area contributed by atoms with E-state index in [0.717, 1.165) is 42.4 Å². The van der Waals surface area contributed by atoms with Crippen LogP contribution in [0, 0.1) is 29.6 Å². The van der Waals surface area contributed by atoms with Crippen LogP contribution in [0.2, 0.25) is 0 Å². The first-order chi connectivity index (χ1) is 10.7. The Hall–Kier alpha value is -0.530. The van der Waals surface area contributed by atoms with E-state index in [-0.39, 0.29) is 0 Å². The van der Waals surface area contributed by atoms with Crippen LogP contribution in [0.3, 0.4) is 0 Å². The zero-order valence-electron chi connectivity index (χ0n) is 14.1. The summed E-state index contributed by atoms with van der Waals surface area (Å²) in [7, 11) is 0. The van der Waals surface area contributed by atoms with Gasteiger partial charge in [-0.1, -0.05) is 38.5 Å². The Labute approximate surface area is 136 Å². The second-order valence-corrected chi connectivity index (χ2v) is 8.50. The van der Waals surface area contributed by atoms with Gasteiger partial charge in [-0.25, -0.2) is 0 Å². The van der Waals surface area contributed by atoms with Crippen LogP contribution < -0.4 is 0 Å². The molecule has 0 aromatic carbocycles. The van der Waals surface area contributed by atoms with Gasteiger partial charge < -0.3 is 5.11 Å². The van der Waals surface area contributed by atoms with Crippen molar-refractivity contribution in [2.45, 2.75) is 89.9 Å². The summed E-state index contributed by atoms with van der Waals surface area (Å²) >= 11 is 0. The van der Waals surface area contributed by atoms with E-state index in [1.54, 1.807) is 32.1 Å². The van der Waals surface area contributed by atoms with Crippen molar-refractivity contribution in [1.29, 1.82) is 0 Å². The molecule has 0 aromatic heterocycles. The molecule has 0 aromatic rings. The molecule has 4 fully saturated rings.